The number of nitrogens with two attached hydrogens (primary N) is 1. The van der Waals surface area contributed by atoms with E-state index in [9.17, 15) is 24.6 Å². The van der Waals surface area contributed by atoms with E-state index in [2.05, 4.69) is 19.8 Å². The number of hydrogen-bond donors (Lipinski definition) is 3. The molecule has 2 aliphatic rings. The number of β-lactam (4-membered cyclic amide) rings is 1. The fraction of sp³-hybridized carbons (Fsp3) is 0.350. The smallest absolute Gasteiger partial charge is 0.278 e. The number of carboxylic acid groups (broad SMARTS) is 1. The molecular weight excluding hydrogens is 498 g/mol. The molecule has 2 aliphatic heterocycles. The number of nitrogen functional groups attached to an aromatic ring is 1. The summed E-state index contributed by atoms with van der Waals surface area (Å²) in [4.78, 5) is 47.8. The Hall–Kier alpha value is -3.56. The lowest BCUT2D eigenvalue weighted by atomic mass is 10.0. The first-order valence-electron chi connectivity index (χ1n) is 10.4. The van der Waals surface area contributed by atoms with Crippen molar-refractivity contribution in [3.63, 3.8) is 0 Å². The van der Waals surface area contributed by atoms with Crippen LogP contribution in [0, 0.1) is 0 Å². The zero-order valence-corrected chi connectivity index (χ0v) is 20.0. The average Bonchev–Trinajstić information content (AvgIpc) is 3.28. The van der Waals surface area contributed by atoms with Crippen molar-refractivity contribution in [2.24, 2.45) is 5.16 Å². The summed E-state index contributed by atoms with van der Waals surface area (Å²) in [6, 6.07) is 2.44. The van der Waals surface area contributed by atoms with Crippen LogP contribution in [-0.4, -0.2) is 66.6 Å². The number of rotatable bonds is 9. The number of aromatic nitrogens is 3. The molecule has 0 spiro atoms. The molecule has 4 N–H and O–H groups in total. The number of carbonyl (C=O) groups is 3. The Morgan fingerprint density at radius 1 is 1.43 bits per heavy atom. The number of amides is 2. The fourth-order valence-corrected chi connectivity index (χ4v) is 5.34. The van der Waals surface area contributed by atoms with Crippen molar-refractivity contribution in [1.82, 2.24) is 19.6 Å². The van der Waals surface area contributed by atoms with E-state index in [0.717, 1.165) is 16.4 Å². The molecule has 2 atom stereocenters. The second-order valence-electron chi connectivity index (χ2n) is 7.45. The maximum Gasteiger partial charge on any atom is 0.278 e. The third kappa shape index (κ3) is 4.96. The largest absolute Gasteiger partial charge is 0.543 e. The molecule has 13 nitrogen and oxygen atoms in total. The quantitative estimate of drug-likeness (QED) is 0.141. The van der Waals surface area contributed by atoms with Gasteiger partial charge in [-0.05, 0) is 12.5 Å². The van der Waals surface area contributed by atoms with E-state index in [0.29, 0.717) is 16.9 Å². The number of thioether (sulfide) groups is 1. The molecule has 4 rings (SSSR count). The number of fused-ring (bicyclic) bond motifs is 1. The summed E-state index contributed by atoms with van der Waals surface area (Å²) >= 11 is 2.20. The standard InChI is InChI=1S/C20H21N7O6S2/c1-2-33-24-12(15-23-20(21)35-25-15)16(29)22-13-17(30)27-14(19(31)32)11(9-34-18(13)27)7-26-5-3-10(8-28)4-6-26/h3-6,13,18,28H,2,7-9H2,1H3,(H3-,21,22,23,25,29,31,32)/t13?,18-/m1/s1. The van der Waals surface area contributed by atoms with Gasteiger partial charge in [0, 0.05) is 35.0 Å². The summed E-state index contributed by atoms with van der Waals surface area (Å²) in [7, 11) is 0. The van der Waals surface area contributed by atoms with Crippen molar-refractivity contribution < 1.29 is 34.0 Å². The second-order valence-corrected chi connectivity index (χ2v) is 9.34. The third-order valence-electron chi connectivity index (χ3n) is 5.20. The van der Waals surface area contributed by atoms with Gasteiger partial charge in [0.05, 0.1) is 18.3 Å². The number of oxime groups is 1. The SMILES string of the molecule is CCON=C(C(=O)NC1C(=O)N2C(C(=O)[O-])=C(C[n+]3ccc(CO)cc3)CS[C@H]12)c1nsc(N)n1. The fourth-order valence-electron chi connectivity index (χ4n) is 3.57. The summed E-state index contributed by atoms with van der Waals surface area (Å²) in [5.74, 6) is -2.55. The molecule has 0 saturated carbocycles. The van der Waals surface area contributed by atoms with Crippen LogP contribution in [0.3, 0.4) is 0 Å². The Morgan fingerprint density at radius 2 is 2.17 bits per heavy atom. The molecule has 0 aliphatic carbocycles. The average molecular weight is 520 g/mol. The number of hydrogen-bond acceptors (Lipinski definition) is 12. The number of anilines is 1. The van der Waals surface area contributed by atoms with E-state index < -0.39 is 29.2 Å². The van der Waals surface area contributed by atoms with Crippen LogP contribution in [0.1, 0.15) is 18.3 Å². The molecule has 0 bridgehead atoms. The maximum absolute atomic E-state index is 12.9. The van der Waals surface area contributed by atoms with Crippen molar-refractivity contribution in [2.45, 2.75) is 31.5 Å². The normalized spacial score (nSPS) is 19.8. The molecule has 0 aromatic carbocycles. The summed E-state index contributed by atoms with van der Waals surface area (Å²) in [6.07, 6.45) is 3.42. The highest BCUT2D eigenvalue weighted by Gasteiger charge is 2.53. The topological polar surface area (TPSA) is 187 Å². The third-order valence-corrected chi connectivity index (χ3v) is 7.08. The van der Waals surface area contributed by atoms with Gasteiger partial charge in [-0.15, -0.1) is 11.8 Å². The van der Waals surface area contributed by atoms with Gasteiger partial charge in [0.2, 0.25) is 11.5 Å². The lowest BCUT2D eigenvalue weighted by Gasteiger charge is -2.50. The van der Waals surface area contributed by atoms with Crippen LogP contribution in [-0.2, 0) is 32.4 Å². The van der Waals surface area contributed by atoms with Gasteiger partial charge in [-0.2, -0.15) is 9.36 Å². The van der Waals surface area contributed by atoms with E-state index >= 15 is 0 Å². The van der Waals surface area contributed by atoms with E-state index in [1.54, 1.807) is 36.0 Å². The first-order chi connectivity index (χ1) is 16.8. The number of carbonyl (C=O) groups excluding carboxylic acids is 3. The van der Waals surface area contributed by atoms with Crippen LogP contribution in [0.2, 0.25) is 0 Å². The maximum atomic E-state index is 12.9. The zero-order valence-electron chi connectivity index (χ0n) is 18.4. The van der Waals surface area contributed by atoms with E-state index in [-0.39, 0.29) is 42.1 Å². The highest BCUT2D eigenvalue weighted by Crippen LogP contribution is 2.40. The van der Waals surface area contributed by atoms with Crippen molar-refractivity contribution in [2.75, 3.05) is 18.1 Å². The van der Waals surface area contributed by atoms with Crippen molar-refractivity contribution in [3.8, 4) is 0 Å². The molecule has 184 valence electrons. The van der Waals surface area contributed by atoms with Crippen LogP contribution in [0.5, 0.6) is 0 Å². The number of aliphatic hydroxyl groups excluding tert-OH is 1. The highest BCUT2D eigenvalue weighted by molar-refractivity contribution is 8.00. The van der Waals surface area contributed by atoms with Gasteiger partial charge in [0.15, 0.2) is 24.1 Å². The Labute approximate surface area is 207 Å². The molecule has 4 heterocycles. The van der Waals surface area contributed by atoms with Crippen molar-refractivity contribution >= 4 is 51.9 Å². The number of nitrogens with one attached hydrogen (secondary N) is 1. The monoisotopic (exact) mass is 519 g/mol. The highest BCUT2D eigenvalue weighted by atomic mass is 32.2. The summed E-state index contributed by atoms with van der Waals surface area (Å²) in [6.45, 7) is 1.98. The Morgan fingerprint density at radius 3 is 2.77 bits per heavy atom. The molecule has 0 radical (unpaired) electrons. The second kappa shape index (κ2) is 10.4. The van der Waals surface area contributed by atoms with Gasteiger partial charge in [0.25, 0.3) is 11.8 Å². The number of aliphatic hydroxyl groups is 1. The predicted molar refractivity (Wildman–Crippen MR) is 122 cm³/mol. The van der Waals surface area contributed by atoms with Crippen LogP contribution in [0.25, 0.3) is 0 Å². The van der Waals surface area contributed by atoms with Crippen LogP contribution in [0.4, 0.5) is 5.13 Å². The molecule has 2 aromatic rings. The van der Waals surface area contributed by atoms with Gasteiger partial charge in [-0.25, -0.2) is 4.57 Å². The van der Waals surface area contributed by atoms with Gasteiger partial charge >= 0.3 is 0 Å². The van der Waals surface area contributed by atoms with E-state index in [4.69, 9.17) is 10.6 Å². The first-order valence-corrected chi connectivity index (χ1v) is 12.2. The number of carboxylic acids is 1. The number of aliphatic carboxylic acids is 1. The Bertz CT molecular complexity index is 1210. The lowest BCUT2D eigenvalue weighted by molar-refractivity contribution is -0.689. The minimum absolute atomic E-state index is 0.0415. The van der Waals surface area contributed by atoms with Crippen LogP contribution >= 0.6 is 23.3 Å². The van der Waals surface area contributed by atoms with Gasteiger partial charge in [-0.1, -0.05) is 5.16 Å². The first kappa shape index (κ1) is 24.6. The van der Waals surface area contributed by atoms with Gasteiger partial charge < -0.3 is 30.9 Å². The van der Waals surface area contributed by atoms with Gasteiger partial charge in [-0.3, -0.25) is 14.5 Å². The summed E-state index contributed by atoms with van der Waals surface area (Å²) < 4.78 is 5.70. The molecule has 1 saturated heterocycles. The number of pyridine rings is 1. The molecule has 2 amide bonds. The number of nitrogens with zero attached hydrogens (tertiary/aromatic N) is 5. The predicted octanol–water partition coefficient (Wildman–Crippen LogP) is -2.26. The zero-order chi connectivity index (χ0) is 25.1. The molecule has 15 heteroatoms. The summed E-state index contributed by atoms with van der Waals surface area (Å²) in [5.41, 5.74) is 6.35. The molecule has 1 fully saturated rings. The Balaban J connectivity index is 1.52. The minimum atomic E-state index is -1.48. The lowest BCUT2D eigenvalue weighted by Crippen LogP contribution is -2.71. The Kier molecular flexibility index (Phi) is 7.28. The van der Waals surface area contributed by atoms with Gasteiger partial charge in [0.1, 0.15) is 18.0 Å². The molecule has 35 heavy (non-hydrogen) atoms. The van der Waals surface area contributed by atoms with Crippen LogP contribution in [0.15, 0.2) is 41.0 Å². The van der Waals surface area contributed by atoms with Crippen LogP contribution < -0.4 is 20.7 Å². The van der Waals surface area contributed by atoms with Crippen molar-refractivity contribution in [1.29, 1.82) is 0 Å². The molecule has 2 aromatic heterocycles. The van der Waals surface area contributed by atoms with E-state index in [1.807, 2.05) is 0 Å². The minimum Gasteiger partial charge on any atom is -0.543 e. The van der Waals surface area contributed by atoms with Crippen molar-refractivity contribution in [3.05, 3.63) is 47.2 Å². The molecular formula is C20H21N7O6S2. The summed E-state index contributed by atoms with van der Waals surface area (Å²) in [5, 5.41) is 27.0. The molecule has 1 unspecified atom stereocenters. The van der Waals surface area contributed by atoms with E-state index in [1.165, 1.54) is 11.8 Å².